The predicted molar refractivity (Wildman–Crippen MR) is 70.1 cm³/mol. The summed E-state index contributed by atoms with van der Waals surface area (Å²) in [7, 11) is 1.46. The molecule has 3 aromatic rings. The maximum atomic E-state index is 12.1. The van der Waals surface area contributed by atoms with Gasteiger partial charge in [0.15, 0.2) is 0 Å². The lowest BCUT2D eigenvalue weighted by atomic mass is 10.2. The lowest BCUT2D eigenvalue weighted by Gasteiger charge is -1.96. The molecule has 0 fully saturated rings. The molecule has 0 aliphatic rings. The van der Waals surface area contributed by atoms with Gasteiger partial charge in [-0.15, -0.1) is 11.3 Å². The number of H-pyrrole nitrogens is 1. The Labute approximate surface area is 105 Å². The van der Waals surface area contributed by atoms with Gasteiger partial charge in [-0.05, 0) is 24.6 Å². The fraction of sp³-hybridized carbons (Fsp3) is 0.167. The molecule has 3 heterocycles. The van der Waals surface area contributed by atoms with E-state index in [1.807, 2.05) is 13.0 Å². The van der Waals surface area contributed by atoms with Crippen molar-refractivity contribution in [3.05, 3.63) is 44.8 Å². The quantitative estimate of drug-likeness (QED) is 0.727. The van der Waals surface area contributed by atoms with Crippen molar-refractivity contribution in [2.75, 3.05) is 0 Å². The van der Waals surface area contributed by atoms with Gasteiger partial charge in [-0.2, -0.15) is 0 Å². The number of fused-ring (bicyclic) bond motifs is 1. The van der Waals surface area contributed by atoms with E-state index in [1.165, 1.54) is 18.4 Å². The minimum atomic E-state index is -0.403. The third-order valence-corrected chi connectivity index (χ3v) is 4.16. The van der Waals surface area contributed by atoms with E-state index in [2.05, 4.69) is 4.98 Å². The van der Waals surface area contributed by atoms with Crippen molar-refractivity contribution in [2.24, 2.45) is 7.05 Å². The number of hydrogen-bond acceptors (Lipinski definition) is 4. The van der Waals surface area contributed by atoms with Crippen molar-refractivity contribution in [1.29, 1.82) is 0 Å². The van der Waals surface area contributed by atoms with Gasteiger partial charge in [0.1, 0.15) is 10.6 Å². The Balaban J connectivity index is 2.47. The first-order chi connectivity index (χ1) is 8.59. The average molecular weight is 262 g/mol. The highest BCUT2D eigenvalue weighted by Crippen LogP contribution is 2.35. The van der Waals surface area contributed by atoms with Gasteiger partial charge >= 0.3 is 5.69 Å². The maximum Gasteiger partial charge on any atom is 0.329 e. The molecule has 0 amide bonds. The van der Waals surface area contributed by atoms with E-state index >= 15 is 0 Å². The molecule has 0 radical (unpaired) electrons. The Morgan fingerprint density at radius 2 is 2.17 bits per heavy atom. The molecule has 0 unspecified atom stereocenters. The number of aromatic amines is 1. The van der Waals surface area contributed by atoms with Crippen LogP contribution in [-0.2, 0) is 7.05 Å². The summed E-state index contributed by atoms with van der Waals surface area (Å²) >= 11 is 1.36. The van der Waals surface area contributed by atoms with Crippen LogP contribution in [-0.4, -0.2) is 9.55 Å². The van der Waals surface area contributed by atoms with Crippen molar-refractivity contribution >= 4 is 21.6 Å². The summed E-state index contributed by atoms with van der Waals surface area (Å²) in [5.41, 5.74) is 0.154. The summed E-state index contributed by atoms with van der Waals surface area (Å²) in [6.07, 6.45) is 1.58. The summed E-state index contributed by atoms with van der Waals surface area (Å²) < 4.78 is 6.42. The van der Waals surface area contributed by atoms with Gasteiger partial charge in [-0.1, -0.05) is 0 Å². The molecule has 5 nitrogen and oxygen atoms in total. The van der Waals surface area contributed by atoms with Crippen LogP contribution in [0.25, 0.3) is 20.9 Å². The van der Waals surface area contributed by atoms with Crippen LogP contribution >= 0.6 is 11.3 Å². The molecule has 3 rings (SSSR count). The second kappa shape index (κ2) is 3.71. The Hall–Kier alpha value is -2.08. The molecule has 92 valence electrons. The molecular formula is C12H10N2O3S. The smallest absolute Gasteiger partial charge is 0.329 e. The van der Waals surface area contributed by atoms with Gasteiger partial charge in [0.2, 0.25) is 0 Å². The molecule has 3 aromatic heterocycles. The first-order valence-corrected chi connectivity index (χ1v) is 6.17. The highest BCUT2D eigenvalue weighted by molar-refractivity contribution is 7.22. The number of nitrogens with one attached hydrogen (secondary N) is 1. The molecule has 0 aliphatic carbocycles. The van der Waals surface area contributed by atoms with Gasteiger partial charge in [0.05, 0.1) is 16.5 Å². The van der Waals surface area contributed by atoms with Gasteiger partial charge in [0, 0.05) is 7.05 Å². The zero-order valence-corrected chi connectivity index (χ0v) is 10.6. The van der Waals surface area contributed by atoms with Crippen LogP contribution in [0.2, 0.25) is 0 Å². The van der Waals surface area contributed by atoms with Crippen molar-refractivity contribution in [3.63, 3.8) is 0 Å². The Morgan fingerprint density at radius 3 is 2.83 bits per heavy atom. The van der Waals surface area contributed by atoms with Crippen LogP contribution in [0.5, 0.6) is 0 Å². The normalized spacial score (nSPS) is 11.2. The minimum absolute atomic E-state index is 0.277. The summed E-state index contributed by atoms with van der Waals surface area (Å²) in [5, 5.41) is 0.550. The van der Waals surface area contributed by atoms with Crippen LogP contribution in [0.4, 0.5) is 0 Å². The number of furan rings is 1. The molecule has 0 saturated carbocycles. The maximum absolute atomic E-state index is 12.1. The van der Waals surface area contributed by atoms with Crippen LogP contribution in [0.3, 0.4) is 0 Å². The average Bonchev–Trinajstić information content (AvgIpc) is 2.94. The summed E-state index contributed by atoms with van der Waals surface area (Å²) in [5.74, 6) is 0.705. The predicted octanol–water partition coefficient (Wildman–Crippen LogP) is 1.86. The lowest BCUT2D eigenvalue weighted by Crippen LogP contribution is -2.32. The minimum Gasteiger partial charge on any atom is -0.464 e. The lowest BCUT2D eigenvalue weighted by molar-refractivity contribution is 0.583. The van der Waals surface area contributed by atoms with Gasteiger partial charge < -0.3 is 4.42 Å². The van der Waals surface area contributed by atoms with Gasteiger partial charge in [-0.25, -0.2) is 4.79 Å². The third-order valence-electron chi connectivity index (χ3n) is 2.94. The summed E-state index contributed by atoms with van der Waals surface area (Å²) in [6, 6.07) is 3.63. The molecule has 0 bridgehead atoms. The van der Waals surface area contributed by atoms with Crippen LogP contribution in [0, 0.1) is 6.92 Å². The van der Waals surface area contributed by atoms with E-state index < -0.39 is 5.69 Å². The van der Waals surface area contributed by atoms with Crippen molar-refractivity contribution in [2.45, 2.75) is 6.92 Å². The standard InChI is InChI=1S/C12H10N2O3S/c1-6-8-10(13-12(16)14(2)11(8)15)18-9(6)7-4-3-5-17-7/h3-5H,1-2H3,(H,13,16). The van der Waals surface area contributed by atoms with E-state index in [-0.39, 0.29) is 5.56 Å². The molecule has 6 heteroatoms. The molecule has 18 heavy (non-hydrogen) atoms. The van der Waals surface area contributed by atoms with Crippen LogP contribution < -0.4 is 11.2 Å². The topological polar surface area (TPSA) is 68.0 Å². The third kappa shape index (κ3) is 1.39. The fourth-order valence-electron chi connectivity index (χ4n) is 1.94. The summed E-state index contributed by atoms with van der Waals surface area (Å²) in [6.45, 7) is 1.86. The SMILES string of the molecule is Cc1c(-c2ccco2)sc2[nH]c(=O)n(C)c(=O)c12. The van der Waals surface area contributed by atoms with E-state index in [4.69, 9.17) is 4.42 Å². The molecule has 0 spiro atoms. The number of aromatic nitrogens is 2. The monoisotopic (exact) mass is 262 g/mol. The largest absolute Gasteiger partial charge is 0.464 e. The molecule has 0 aliphatic heterocycles. The summed E-state index contributed by atoms with van der Waals surface area (Å²) in [4.78, 5) is 27.8. The van der Waals surface area contributed by atoms with E-state index in [1.54, 1.807) is 12.3 Å². The number of rotatable bonds is 1. The van der Waals surface area contributed by atoms with Gasteiger partial charge in [0.25, 0.3) is 5.56 Å². The fourth-order valence-corrected chi connectivity index (χ4v) is 3.10. The van der Waals surface area contributed by atoms with E-state index in [0.717, 1.165) is 15.0 Å². The highest BCUT2D eigenvalue weighted by Gasteiger charge is 2.16. The molecule has 0 aromatic carbocycles. The highest BCUT2D eigenvalue weighted by atomic mass is 32.1. The van der Waals surface area contributed by atoms with Crippen molar-refractivity contribution in [3.8, 4) is 10.6 Å². The first-order valence-electron chi connectivity index (χ1n) is 5.36. The van der Waals surface area contributed by atoms with E-state index in [0.29, 0.717) is 16.0 Å². The number of aryl methyl sites for hydroxylation is 1. The van der Waals surface area contributed by atoms with Crippen molar-refractivity contribution < 1.29 is 4.42 Å². The van der Waals surface area contributed by atoms with Crippen LogP contribution in [0.15, 0.2) is 32.4 Å². The first kappa shape index (κ1) is 11.0. The molecule has 0 saturated heterocycles. The number of hydrogen-bond donors (Lipinski definition) is 1. The van der Waals surface area contributed by atoms with Gasteiger partial charge in [-0.3, -0.25) is 14.3 Å². The molecular weight excluding hydrogens is 252 g/mol. The Morgan fingerprint density at radius 1 is 1.39 bits per heavy atom. The zero-order valence-electron chi connectivity index (χ0n) is 9.81. The molecule has 1 N–H and O–H groups in total. The number of nitrogens with zero attached hydrogens (tertiary/aromatic N) is 1. The van der Waals surface area contributed by atoms with Crippen LogP contribution in [0.1, 0.15) is 5.56 Å². The second-order valence-electron chi connectivity index (χ2n) is 4.03. The van der Waals surface area contributed by atoms with E-state index in [9.17, 15) is 9.59 Å². The van der Waals surface area contributed by atoms with Crippen molar-refractivity contribution in [1.82, 2.24) is 9.55 Å². The molecule has 0 atom stereocenters. The Kier molecular flexibility index (Phi) is 2.27. The zero-order chi connectivity index (χ0) is 12.9. The second-order valence-corrected chi connectivity index (χ2v) is 5.05. The Bertz CT molecular complexity index is 837. The number of thiophene rings is 1.